The molecule has 88 valence electrons. The van der Waals surface area contributed by atoms with Gasteiger partial charge in [0.15, 0.2) is 5.96 Å². The molecule has 2 unspecified atom stereocenters. The molecule has 2 atom stereocenters. The summed E-state index contributed by atoms with van der Waals surface area (Å²) in [5, 5.41) is 6.15. The number of rotatable bonds is 1. The van der Waals surface area contributed by atoms with Crippen LogP contribution < -0.4 is 10.6 Å². The number of amides is 1. The van der Waals surface area contributed by atoms with Crippen molar-refractivity contribution in [2.75, 3.05) is 7.05 Å². The zero-order valence-electron chi connectivity index (χ0n) is 9.75. The molecule has 3 rings (SSSR count). The van der Waals surface area contributed by atoms with E-state index in [2.05, 4.69) is 15.6 Å². The van der Waals surface area contributed by atoms with Crippen molar-refractivity contribution in [3.05, 3.63) is 0 Å². The van der Waals surface area contributed by atoms with Crippen LogP contribution in [0.4, 0.5) is 0 Å². The summed E-state index contributed by atoms with van der Waals surface area (Å²) in [6.07, 6.45) is 7.18. The van der Waals surface area contributed by atoms with Crippen LogP contribution in [0.5, 0.6) is 0 Å². The second-order valence-corrected chi connectivity index (χ2v) is 5.43. The minimum atomic E-state index is -0.333. The van der Waals surface area contributed by atoms with Crippen molar-refractivity contribution in [3.63, 3.8) is 0 Å². The maximum Gasteiger partial charge on any atom is 0.252 e. The molecule has 0 radical (unpaired) electrons. The summed E-state index contributed by atoms with van der Waals surface area (Å²) < 4.78 is 0. The Morgan fingerprint density at radius 1 is 1.31 bits per heavy atom. The second-order valence-electron chi connectivity index (χ2n) is 5.43. The maximum atomic E-state index is 12.1. The van der Waals surface area contributed by atoms with Crippen molar-refractivity contribution in [1.29, 1.82) is 0 Å². The molecule has 0 bridgehead atoms. The zero-order valence-corrected chi connectivity index (χ0v) is 9.75. The van der Waals surface area contributed by atoms with Crippen molar-refractivity contribution in [2.45, 2.75) is 44.1 Å². The van der Waals surface area contributed by atoms with Crippen LogP contribution in [0.25, 0.3) is 0 Å². The lowest BCUT2D eigenvalue weighted by molar-refractivity contribution is -0.125. The first-order valence-electron chi connectivity index (χ1n) is 6.30. The van der Waals surface area contributed by atoms with Gasteiger partial charge in [0.1, 0.15) is 5.54 Å². The first-order valence-corrected chi connectivity index (χ1v) is 6.30. The van der Waals surface area contributed by atoms with Crippen LogP contribution in [-0.4, -0.2) is 24.5 Å². The van der Waals surface area contributed by atoms with Crippen LogP contribution >= 0.6 is 0 Å². The van der Waals surface area contributed by atoms with Crippen molar-refractivity contribution in [3.8, 4) is 0 Å². The van der Waals surface area contributed by atoms with Crippen molar-refractivity contribution in [1.82, 2.24) is 10.6 Å². The lowest BCUT2D eigenvalue weighted by Gasteiger charge is -2.35. The Morgan fingerprint density at radius 3 is 2.75 bits per heavy atom. The Balaban J connectivity index is 1.79. The molecule has 1 aliphatic heterocycles. The molecule has 1 heterocycles. The highest BCUT2D eigenvalue weighted by atomic mass is 16.2. The van der Waals surface area contributed by atoms with E-state index in [9.17, 15) is 4.79 Å². The molecule has 1 amide bonds. The quantitative estimate of drug-likeness (QED) is 0.695. The van der Waals surface area contributed by atoms with E-state index in [4.69, 9.17) is 0 Å². The SMILES string of the molecule is CN=C1NC(=O)C2(CCCC(C3CC3)C2)N1. The van der Waals surface area contributed by atoms with Gasteiger partial charge in [0.05, 0.1) is 0 Å². The summed E-state index contributed by atoms with van der Waals surface area (Å²) in [5.74, 6) is 2.44. The van der Waals surface area contributed by atoms with Gasteiger partial charge in [0, 0.05) is 7.05 Å². The Kier molecular flexibility index (Phi) is 2.19. The summed E-state index contributed by atoms with van der Waals surface area (Å²) >= 11 is 0. The van der Waals surface area contributed by atoms with Crippen LogP contribution in [0.15, 0.2) is 4.99 Å². The van der Waals surface area contributed by atoms with Crippen LogP contribution in [-0.2, 0) is 4.79 Å². The van der Waals surface area contributed by atoms with Crippen LogP contribution in [0, 0.1) is 11.8 Å². The third kappa shape index (κ3) is 1.51. The molecule has 0 aromatic rings. The van der Waals surface area contributed by atoms with Crippen molar-refractivity contribution < 1.29 is 4.79 Å². The molecule has 3 fully saturated rings. The molecule has 1 spiro atoms. The number of aliphatic imine (C=N–C) groups is 1. The molecule has 2 N–H and O–H groups in total. The Labute approximate surface area is 95.9 Å². The minimum Gasteiger partial charge on any atom is -0.342 e. The van der Waals surface area contributed by atoms with Crippen LogP contribution in [0.3, 0.4) is 0 Å². The van der Waals surface area contributed by atoms with E-state index in [0.29, 0.717) is 5.96 Å². The van der Waals surface area contributed by atoms with Crippen molar-refractivity contribution >= 4 is 11.9 Å². The monoisotopic (exact) mass is 221 g/mol. The summed E-state index contributed by atoms with van der Waals surface area (Å²) in [7, 11) is 1.71. The smallest absolute Gasteiger partial charge is 0.252 e. The fourth-order valence-corrected chi connectivity index (χ4v) is 3.26. The number of nitrogens with zero attached hydrogens (tertiary/aromatic N) is 1. The van der Waals surface area contributed by atoms with E-state index >= 15 is 0 Å². The number of hydrogen-bond acceptors (Lipinski definition) is 2. The highest BCUT2D eigenvalue weighted by Crippen LogP contribution is 2.47. The Morgan fingerprint density at radius 2 is 2.12 bits per heavy atom. The van der Waals surface area contributed by atoms with E-state index in [1.54, 1.807) is 7.05 Å². The minimum absolute atomic E-state index is 0.137. The maximum absolute atomic E-state index is 12.1. The third-order valence-corrected chi connectivity index (χ3v) is 4.33. The van der Waals surface area contributed by atoms with Gasteiger partial charge in [-0.2, -0.15) is 0 Å². The van der Waals surface area contributed by atoms with Crippen LogP contribution in [0.1, 0.15) is 38.5 Å². The summed E-state index contributed by atoms with van der Waals surface area (Å²) in [6, 6.07) is 0. The standard InChI is InChI=1S/C12H19N3O/c1-13-11-14-10(16)12(15-11)6-2-3-9(7-12)8-4-5-8/h8-9H,2-7H2,1H3,(H2,13,14,15,16). The first kappa shape index (κ1) is 10.1. The van der Waals surface area contributed by atoms with Gasteiger partial charge in [-0.3, -0.25) is 15.1 Å². The molecule has 3 aliphatic rings. The molecule has 4 heteroatoms. The third-order valence-electron chi connectivity index (χ3n) is 4.33. The molecular formula is C12H19N3O. The average Bonchev–Trinajstić information content (AvgIpc) is 3.08. The number of carbonyl (C=O) groups excluding carboxylic acids is 1. The van der Waals surface area contributed by atoms with E-state index in [1.807, 2.05) is 0 Å². The Bertz CT molecular complexity index is 348. The normalized spacial score (nSPS) is 41.2. The molecule has 0 aromatic carbocycles. The van der Waals surface area contributed by atoms with Gasteiger partial charge in [-0.05, 0) is 43.9 Å². The zero-order chi connectivity index (χ0) is 11.2. The van der Waals surface area contributed by atoms with E-state index in [1.165, 1.54) is 25.7 Å². The van der Waals surface area contributed by atoms with Gasteiger partial charge < -0.3 is 5.32 Å². The van der Waals surface area contributed by atoms with Crippen LogP contribution in [0.2, 0.25) is 0 Å². The predicted octanol–water partition coefficient (Wildman–Crippen LogP) is 1.03. The van der Waals surface area contributed by atoms with E-state index in [-0.39, 0.29) is 11.4 Å². The van der Waals surface area contributed by atoms with Gasteiger partial charge in [-0.1, -0.05) is 6.42 Å². The number of nitrogens with one attached hydrogen (secondary N) is 2. The number of hydrogen-bond donors (Lipinski definition) is 2. The second kappa shape index (κ2) is 3.47. The van der Waals surface area contributed by atoms with Gasteiger partial charge in [0.2, 0.25) is 0 Å². The molecule has 2 saturated carbocycles. The molecule has 4 nitrogen and oxygen atoms in total. The topological polar surface area (TPSA) is 53.5 Å². The summed E-state index contributed by atoms with van der Waals surface area (Å²) in [4.78, 5) is 16.1. The Hall–Kier alpha value is -1.06. The van der Waals surface area contributed by atoms with Gasteiger partial charge in [-0.15, -0.1) is 0 Å². The lowest BCUT2D eigenvalue weighted by atomic mass is 9.74. The fraction of sp³-hybridized carbons (Fsp3) is 0.833. The van der Waals surface area contributed by atoms with E-state index < -0.39 is 0 Å². The van der Waals surface area contributed by atoms with Crippen molar-refractivity contribution in [2.24, 2.45) is 16.8 Å². The first-order chi connectivity index (χ1) is 7.73. The molecular weight excluding hydrogens is 202 g/mol. The summed E-state index contributed by atoms with van der Waals surface area (Å²) in [5.41, 5.74) is -0.333. The average molecular weight is 221 g/mol. The number of carbonyl (C=O) groups is 1. The summed E-state index contributed by atoms with van der Waals surface area (Å²) in [6.45, 7) is 0. The number of guanidine groups is 1. The van der Waals surface area contributed by atoms with E-state index in [0.717, 1.165) is 24.7 Å². The predicted molar refractivity (Wildman–Crippen MR) is 62.1 cm³/mol. The largest absolute Gasteiger partial charge is 0.342 e. The molecule has 16 heavy (non-hydrogen) atoms. The molecule has 1 saturated heterocycles. The lowest BCUT2D eigenvalue weighted by Crippen LogP contribution is -2.50. The fourth-order valence-electron chi connectivity index (χ4n) is 3.26. The van der Waals surface area contributed by atoms with Gasteiger partial charge in [0.25, 0.3) is 5.91 Å². The highest BCUT2D eigenvalue weighted by molar-refractivity contribution is 6.09. The van der Waals surface area contributed by atoms with Gasteiger partial charge >= 0.3 is 0 Å². The highest BCUT2D eigenvalue weighted by Gasteiger charge is 2.50. The molecule has 0 aromatic heterocycles. The van der Waals surface area contributed by atoms with Gasteiger partial charge in [-0.25, -0.2) is 0 Å². The molecule has 2 aliphatic carbocycles.